The average molecular weight is 272 g/mol. The van der Waals surface area contributed by atoms with Gasteiger partial charge in [0.15, 0.2) is 0 Å². The number of aliphatic hydroxyl groups excluding tert-OH is 1. The Labute approximate surface area is 114 Å². The van der Waals surface area contributed by atoms with Gasteiger partial charge in [0.1, 0.15) is 5.82 Å². The van der Waals surface area contributed by atoms with E-state index in [1.165, 1.54) is 18.2 Å². The van der Waals surface area contributed by atoms with E-state index in [0.717, 1.165) is 0 Å². The van der Waals surface area contributed by atoms with Crippen molar-refractivity contribution >= 4 is 22.4 Å². The minimum absolute atomic E-state index is 0.0294. The van der Waals surface area contributed by atoms with Crippen LogP contribution in [0.4, 0.5) is 11.5 Å². The highest BCUT2D eigenvalue weighted by Crippen LogP contribution is 2.25. The highest BCUT2D eigenvalue weighted by atomic mass is 16.6. The van der Waals surface area contributed by atoms with Gasteiger partial charge in [-0.15, -0.1) is 0 Å². The third kappa shape index (κ3) is 2.50. The maximum Gasteiger partial charge on any atom is 0.270 e. The van der Waals surface area contributed by atoms with Gasteiger partial charge in [-0.2, -0.15) is 5.26 Å². The number of benzene rings is 1. The Morgan fingerprint density at radius 1 is 1.50 bits per heavy atom. The first-order chi connectivity index (χ1) is 9.56. The largest absolute Gasteiger partial charge is 0.395 e. The average Bonchev–Trinajstić information content (AvgIpc) is 2.45. The first-order valence-electron chi connectivity index (χ1n) is 5.88. The number of anilines is 1. The van der Waals surface area contributed by atoms with Gasteiger partial charge in [-0.05, 0) is 12.1 Å². The van der Waals surface area contributed by atoms with Crippen molar-refractivity contribution in [3.63, 3.8) is 0 Å². The van der Waals surface area contributed by atoms with E-state index >= 15 is 0 Å². The monoisotopic (exact) mass is 272 g/mol. The normalized spacial score (nSPS) is 10.2. The molecule has 0 saturated carbocycles. The molecule has 0 radical (unpaired) electrons. The number of fused-ring (bicyclic) bond motifs is 1. The van der Waals surface area contributed by atoms with Crippen LogP contribution >= 0.6 is 0 Å². The van der Waals surface area contributed by atoms with Gasteiger partial charge < -0.3 is 10.0 Å². The zero-order valence-corrected chi connectivity index (χ0v) is 10.8. The van der Waals surface area contributed by atoms with Crippen molar-refractivity contribution in [3.05, 3.63) is 39.9 Å². The predicted molar refractivity (Wildman–Crippen MR) is 73.5 cm³/mol. The molecular formula is C13H12N4O3. The fraction of sp³-hybridized carbons (Fsp3) is 0.231. The Kier molecular flexibility index (Phi) is 3.77. The molecular weight excluding hydrogens is 260 g/mol. The van der Waals surface area contributed by atoms with Crippen LogP contribution in [-0.2, 0) is 0 Å². The molecule has 0 saturated heterocycles. The van der Waals surface area contributed by atoms with E-state index in [2.05, 4.69) is 4.98 Å². The van der Waals surface area contributed by atoms with E-state index in [1.54, 1.807) is 18.0 Å². The molecule has 0 amide bonds. The Bertz CT molecular complexity index is 709. The van der Waals surface area contributed by atoms with Gasteiger partial charge in [0.05, 0.1) is 28.7 Å². The molecule has 7 nitrogen and oxygen atoms in total. The number of aromatic nitrogens is 1. The van der Waals surface area contributed by atoms with Crippen molar-refractivity contribution in [1.29, 1.82) is 5.26 Å². The molecule has 0 unspecified atom stereocenters. The molecule has 0 atom stereocenters. The zero-order chi connectivity index (χ0) is 14.7. The second-order valence-corrected chi connectivity index (χ2v) is 4.24. The van der Waals surface area contributed by atoms with Crippen molar-refractivity contribution < 1.29 is 10.0 Å². The highest BCUT2D eigenvalue weighted by molar-refractivity contribution is 5.88. The smallest absolute Gasteiger partial charge is 0.270 e. The Balaban J connectivity index is 2.62. The number of rotatable bonds is 4. The van der Waals surface area contributed by atoms with Crippen LogP contribution in [0.5, 0.6) is 0 Å². The summed E-state index contributed by atoms with van der Waals surface area (Å²) in [5.74, 6) is 0.539. The Morgan fingerprint density at radius 3 is 2.85 bits per heavy atom. The summed E-state index contributed by atoms with van der Waals surface area (Å²) in [6.07, 6.45) is 0. The lowest BCUT2D eigenvalue weighted by atomic mass is 10.1. The molecule has 0 aliphatic rings. The molecule has 0 aliphatic carbocycles. The Hall–Kier alpha value is -2.72. The number of hydrogen-bond acceptors (Lipinski definition) is 6. The molecule has 0 fully saturated rings. The summed E-state index contributed by atoms with van der Waals surface area (Å²) in [6, 6.07) is 7.79. The van der Waals surface area contributed by atoms with Gasteiger partial charge in [0.2, 0.25) is 0 Å². The second-order valence-electron chi connectivity index (χ2n) is 4.24. The van der Waals surface area contributed by atoms with E-state index in [9.17, 15) is 15.4 Å². The van der Waals surface area contributed by atoms with Crippen LogP contribution in [0, 0.1) is 21.4 Å². The van der Waals surface area contributed by atoms with Crippen molar-refractivity contribution in [2.75, 3.05) is 25.1 Å². The van der Waals surface area contributed by atoms with Crippen LogP contribution in [0.1, 0.15) is 5.56 Å². The van der Waals surface area contributed by atoms with Crippen LogP contribution in [0.2, 0.25) is 0 Å². The van der Waals surface area contributed by atoms with Gasteiger partial charge in [0.25, 0.3) is 5.69 Å². The van der Waals surface area contributed by atoms with Crippen LogP contribution in [0.25, 0.3) is 10.9 Å². The maximum absolute atomic E-state index is 10.8. The summed E-state index contributed by atoms with van der Waals surface area (Å²) in [5.41, 5.74) is 0.750. The first-order valence-corrected chi connectivity index (χ1v) is 5.88. The van der Waals surface area contributed by atoms with E-state index in [-0.39, 0.29) is 12.3 Å². The molecule has 102 valence electrons. The zero-order valence-electron chi connectivity index (χ0n) is 10.8. The number of nitro benzene ring substituents is 1. The number of nitro groups is 1. The molecule has 0 bridgehead atoms. The van der Waals surface area contributed by atoms with Crippen LogP contribution in [0.3, 0.4) is 0 Å². The summed E-state index contributed by atoms with van der Waals surface area (Å²) in [5, 5.41) is 29.3. The summed E-state index contributed by atoms with van der Waals surface area (Å²) in [6.45, 7) is 0.356. The van der Waals surface area contributed by atoms with Crippen molar-refractivity contribution in [2.24, 2.45) is 0 Å². The van der Waals surface area contributed by atoms with Crippen molar-refractivity contribution in [1.82, 2.24) is 4.98 Å². The van der Waals surface area contributed by atoms with Crippen molar-refractivity contribution in [2.45, 2.75) is 0 Å². The second kappa shape index (κ2) is 5.50. The fourth-order valence-electron chi connectivity index (χ4n) is 1.87. The molecule has 1 N–H and O–H groups in total. The molecule has 1 aromatic carbocycles. The van der Waals surface area contributed by atoms with Crippen molar-refractivity contribution in [3.8, 4) is 6.07 Å². The number of nitrogens with zero attached hydrogens (tertiary/aromatic N) is 4. The molecule has 0 aliphatic heterocycles. The SMILES string of the molecule is CN(CCO)c1cc(C#N)c2cc([N+](=O)[O-])ccc2n1. The number of aliphatic hydroxyl groups is 1. The molecule has 2 aromatic rings. The fourth-order valence-corrected chi connectivity index (χ4v) is 1.87. The highest BCUT2D eigenvalue weighted by Gasteiger charge is 2.13. The number of hydrogen-bond donors (Lipinski definition) is 1. The lowest BCUT2D eigenvalue weighted by molar-refractivity contribution is -0.384. The lowest BCUT2D eigenvalue weighted by Gasteiger charge is -2.17. The van der Waals surface area contributed by atoms with E-state index in [1.807, 2.05) is 6.07 Å². The first kappa shape index (κ1) is 13.7. The third-order valence-corrected chi connectivity index (χ3v) is 2.94. The lowest BCUT2D eigenvalue weighted by Crippen LogP contribution is -2.22. The summed E-state index contributed by atoms with van der Waals surface area (Å²) in [4.78, 5) is 16.3. The number of non-ortho nitro benzene ring substituents is 1. The van der Waals surface area contributed by atoms with Gasteiger partial charge >= 0.3 is 0 Å². The minimum atomic E-state index is -0.508. The molecule has 7 heteroatoms. The van der Waals surface area contributed by atoms with Crippen LogP contribution in [0.15, 0.2) is 24.3 Å². The molecule has 1 heterocycles. The number of nitriles is 1. The quantitative estimate of drug-likeness (QED) is 0.667. The molecule has 0 spiro atoms. The van der Waals surface area contributed by atoms with E-state index in [4.69, 9.17) is 5.11 Å². The predicted octanol–water partition coefficient (Wildman–Crippen LogP) is 1.44. The standard InChI is InChI=1S/C13H12N4O3/c1-16(4-5-18)13-6-9(8-14)11-7-10(17(19)20)2-3-12(11)15-13/h2-3,6-7,18H,4-5H2,1H3. The van der Waals surface area contributed by atoms with Gasteiger partial charge in [0, 0.05) is 31.1 Å². The van der Waals surface area contributed by atoms with E-state index in [0.29, 0.717) is 28.8 Å². The minimum Gasteiger partial charge on any atom is -0.395 e. The third-order valence-electron chi connectivity index (χ3n) is 2.94. The summed E-state index contributed by atoms with van der Waals surface area (Å²) >= 11 is 0. The number of pyridine rings is 1. The van der Waals surface area contributed by atoms with Gasteiger partial charge in [-0.25, -0.2) is 4.98 Å². The molecule has 20 heavy (non-hydrogen) atoms. The van der Waals surface area contributed by atoms with Crippen LogP contribution in [-0.4, -0.2) is 35.2 Å². The molecule has 1 aromatic heterocycles. The van der Waals surface area contributed by atoms with Gasteiger partial charge in [-0.3, -0.25) is 10.1 Å². The maximum atomic E-state index is 10.8. The topological polar surface area (TPSA) is 103 Å². The Morgan fingerprint density at radius 2 is 2.25 bits per heavy atom. The summed E-state index contributed by atoms with van der Waals surface area (Å²) < 4.78 is 0. The number of likely N-dealkylation sites (N-methyl/N-ethyl adjacent to an activating group) is 1. The molecule has 2 rings (SSSR count). The van der Waals surface area contributed by atoms with Crippen LogP contribution < -0.4 is 4.90 Å². The van der Waals surface area contributed by atoms with Gasteiger partial charge in [-0.1, -0.05) is 0 Å². The van der Waals surface area contributed by atoms with E-state index < -0.39 is 4.92 Å². The summed E-state index contributed by atoms with van der Waals surface area (Å²) in [7, 11) is 1.75.